The second-order valence-electron chi connectivity index (χ2n) is 3.01. The van der Waals surface area contributed by atoms with Gasteiger partial charge in [0, 0.05) is 4.47 Å². The van der Waals surface area contributed by atoms with Gasteiger partial charge in [0.25, 0.3) is 10.0 Å². The zero-order valence-electron chi connectivity index (χ0n) is 8.22. The summed E-state index contributed by atoms with van der Waals surface area (Å²) in [4.78, 5) is 4.01. The van der Waals surface area contributed by atoms with Crippen LogP contribution in [-0.2, 0) is 10.0 Å². The van der Waals surface area contributed by atoms with E-state index in [1.165, 1.54) is 0 Å². The van der Waals surface area contributed by atoms with E-state index in [4.69, 9.17) is 0 Å². The fourth-order valence-electron chi connectivity index (χ4n) is 1.12. The van der Waals surface area contributed by atoms with Gasteiger partial charge >= 0.3 is 0 Å². The number of rotatable bonds is 3. The van der Waals surface area contributed by atoms with Crippen LogP contribution in [0.15, 0.2) is 42.9 Å². The highest BCUT2D eigenvalue weighted by atomic mass is 79.9. The van der Waals surface area contributed by atoms with E-state index in [-0.39, 0.29) is 10.0 Å². The van der Waals surface area contributed by atoms with E-state index in [0.29, 0.717) is 9.08 Å². The van der Waals surface area contributed by atoms with E-state index >= 15 is 0 Å². The number of nitrogens with zero attached hydrogens (tertiary/aromatic N) is 1. The molecule has 2 rings (SSSR count). The molecule has 2 aromatic heterocycles. The molecule has 0 fully saturated rings. The molecular formula is C9H6Br2N2O2S2. The standard InChI is InChI=1S/C9H6Br2N2O2S2/c10-6-4-5-16-9(6)17(14,15)13-8-3-1-2-7(11)12-8/h1-5H,(H,12,13). The molecule has 0 saturated heterocycles. The summed E-state index contributed by atoms with van der Waals surface area (Å²) in [5.41, 5.74) is 0. The van der Waals surface area contributed by atoms with E-state index in [2.05, 4.69) is 41.6 Å². The minimum absolute atomic E-state index is 0.235. The molecule has 90 valence electrons. The first-order chi connectivity index (χ1) is 7.99. The number of hydrogen-bond donors (Lipinski definition) is 1. The molecule has 4 nitrogen and oxygen atoms in total. The van der Waals surface area contributed by atoms with Gasteiger partial charge < -0.3 is 0 Å². The lowest BCUT2D eigenvalue weighted by Gasteiger charge is -2.05. The Morgan fingerprint density at radius 2 is 2.00 bits per heavy atom. The van der Waals surface area contributed by atoms with Crippen LogP contribution in [0.1, 0.15) is 0 Å². The van der Waals surface area contributed by atoms with Crippen LogP contribution in [0.3, 0.4) is 0 Å². The highest BCUT2D eigenvalue weighted by Crippen LogP contribution is 2.29. The number of sulfonamides is 1. The number of hydrogen-bond acceptors (Lipinski definition) is 4. The summed E-state index contributed by atoms with van der Waals surface area (Å²) in [6.07, 6.45) is 0. The van der Waals surface area contributed by atoms with Crippen molar-refractivity contribution in [3.8, 4) is 0 Å². The summed E-state index contributed by atoms with van der Waals surface area (Å²) in [5.74, 6) is 0.277. The Balaban J connectivity index is 2.33. The van der Waals surface area contributed by atoms with Gasteiger partial charge in [-0.15, -0.1) is 11.3 Å². The number of thiophene rings is 1. The molecule has 0 spiro atoms. The van der Waals surface area contributed by atoms with Crippen LogP contribution in [0.25, 0.3) is 0 Å². The molecule has 0 unspecified atom stereocenters. The third-order valence-corrected chi connectivity index (χ3v) is 6.25. The molecule has 1 N–H and O–H groups in total. The SMILES string of the molecule is O=S(=O)(Nc1cccc(Br)n1)c1sccc1Br. The van der Waals surface area contributed by atoms with Gasteiger partial charge in [-0.1, -0.05) is 6.07 Å². The normalized spacial score (nSPS) is 11.4. The van der Waals surface area contributed by atoms with E-state index in [0.717, 1.165) is 11.3 Å². The number of pyridine rings is 1. The van der Waals surface area contributed by atoms with Crippen molar-refractivity contribution in [3.05, 3.63) is 38.7 Å². The molecule has 0 atom stereocenters. The third-order valence-electron chi connectivity index (χ3n) is 1.78. The lowest BCUT2D eigenvalue weighted by molar-refractivity contribution is 0.602. The first kappa shape index (κ1) is 13.0. The number of nitrogens with one attached hydrogen (secondary N) is 1. The van der Waals surface area contributed by atoms with Crippen molar-refractivity contribution < 1.29 is 8.42 Å². The molecule has 2 heterocycles. The molecule has 0 aliphatic carbocycles. The molecule has 2 aromatic rings. The Bertz CT molecular complexity index is 640. The quantitative estimate of drug-likeness (QED) is 0.806. The van der Waals surface area contributed by atoms with Gasteiger partial charge in [0.2, 0.25) is 0 Å². The molecule has 0 saturated carbocycles. The summed E-state index contributed by atoms with van der Waals surface area (Å²) in [6.45, 7) is 0. The maximum absolute atomic E-state index is 12.0. The van der Waals surface area contributed by atoms with Crippen LogP contribution in [0.4, 0.5) is 5.82 Å². The van der Waals surface area contributed by atoms with Crippen LogP contribution < -0.4 is 4.72 Å². The molecule has 0 aliphatic heterocycles. The van der Waals surface area contributed by atoms with E-state index in [1.807, 2.05) is 0 Å². The predicted molar refractivity (Wildman–Crippen MR) is 74.8 cm³/mol. The second-order valence-corrected chi connectivity index (χ2v) is 7.47. The van der Waals surface area contributed by atoms with Crippen LogP contribution in [0.2, 0.25) is 0 Å². The summed E-state index contributed by atoms with van der Waals surface area (Å²) in [7, 11) is -3.58. The first-order valence-corrected chi connectivity index (χ1v) is 8.32. The van der Waals surface area contributed by atoms with Crippen LogP contribution >= 0.6 is 43.2 Å². The second kappa shape index (κ2) is 5.05. The average molecular weight is 398 g/mol. The summed E-state index contributed by atoms with van der Waals surface area (Å²) in [5, 5.41) is 1.70. The van der Waals surface area contributed by atoms with Gasteiger partial charge in [-0.05, 0) is 55.4 Å². The minimum atomic E-state index is -3.58. The largest absolute Gasteiger partial charge is 0.273 e. The molecule has 0 amide bonds. The van der Waals surface area contributed by atoms with Crippen molar-refractivity contribution in [2.24, 2.45) is 0 Å². The topological polar surface area (TPSA) is 59.1 Å². The Hall–Kier alpha value is -0.440. The third kappa shape index (κ3) is 3.06. The Kier molecular flexibility index (Phi) is 3.86. The Morgan fingerprint density at radius 3 is 2.59 bits per heavy atom. The number of anilines is 1. The van der Waals surface area contributed by atoms with Crippen molar-refractivity contribution in [2.45, 2.75) is 4.21 Å². The maximum atomic E-state index is 12.0. The van der Waals surface area contributed by atoms with Crippen molar-refractivity contribution >= 4 is 59.0 Å². The van der Waals surface area contributed by atoms with Crippen LogP contribution in [-0.4, -0.2) is 13.4 Å². The van der Waals surface area contributed by atoms with Crippen molar-refractivity contribution in [2.75, 3.05) is 4.72 Å². The number of halogens is 2. The fraction of sp³-hybridized carbons (Fsp3) is 0. The molecule has 0 aliphatic rings. The average Bonchev–Trinajstić information content (AvgIpc) is 2.64. The van der Waals surface area contributed by atoms with Crippen molar-refractivity contribution in [3.63, 3.8) is 0 Å². The zero-order valence-corrected chi connectivity index (χ0v) is 13.0. The monoisotopic (exact) mass is 396 g/mol. The number of aromatic nitrogens is 1. The van der Waals surface area contributed by atoms with Gasteiger partial charge in [0.15, 0.2) is 4.21 Å². The maximum Gasteiger partial charge on any atom is 0.273 e. The van der Waals surface area contributed by atoms with Gasteiger partial charge in [-0.25, -0.2) is 13.4 Å². The summed E-state index contributed by atoms with van der Waals surface area (Å²) >= 11 is 7.51. The van der Waals surface area contributed by atoms with Gasteiger partial charge in [0.1, 0.15) is 10.4 Å². The van der Waals surface area contributed by atoms with Gasteiger partial charge in [-0.3, -0.25) is 4.72 Å². The zero-order chi connectivity index (χ0) is 12.5. The fourth-order valence-corrected chi connectivity index (χ4v) is 4.80. The van der Waals surface area contributed by atoms with Gasteiger partial charge in [0.05, 0.1) is 0 Å². The molecular weight excluding hydrogens is 392 g/mol. The van der Waals surface area contributed by atoms with Crippen molar-refractivity contribution in [1.29, 1.82) is 0 Å². The lowest BCUT2D eigenvalue weighted by atomic mass is 10.5. The molecule has 0 radical (unpaired) electrons. The summed E-state index contributed by atoms with van der Waals surface area (Å²) in [6, 6.07) is 6.70. The highest BCUT2D eigenvalue weighted by molar-refractivity contribution is 9.10. The summed E-state index contributed by atoms with van der Waals surface area (Å²) < 4.78 is 27.8. The Morgan fingerprint density at radius 1 is 1.24 bits per heavy atom. The van der Waals surface area contributed by atoms with Crippen LogP contribution in [0, 0.1) is 0 Å². The first-order valence-electron chi connectivity index (χ1n) is 4.37. The van der Waals surface area contributed by atoms with Crippen molar-refractivity contribution in [1.82, 2.24) is 4.98 Å². The molecule has 0 bridgehead atoms. The Labute approximate surface area is 119 Å². The predicted octanol–water partition coefficient (Wildman–Crippen LogP) is 3.47. The van der Waals surface area contributed by atoms with Gasteiger partial charge in [-0.2, -0.15) is 0 Å². The van der Waals surface area contributed by atoms with E-state index < -0.39 is 10.0 Å². The van der Waals surface area contributed by atoms with Crippen LogP contribution in [0.5, 0.6) is 0 Å². The molecule has 17 heavy (non-hydrogen) atoms. The smallest absolute Gasteiger partial charge is 0.263 e. The highest BCUT2D eigenvalue weighted by Gasteiger charge is 2.19. The molecule has 8 heteroatoms. The van der Waals surface area contributed by atoms with E-state index in [1.54, 1.807) is 29.6 Å². The molecule has 0 aromatic carbocycles. The minimum Gasteiger partial charge on any atom is -0.263 e. The lowest BCUT2D eigenvalue weighted by Crippen LogP contribution is -2.12. The van der Waals surface area contributed by atoms with E-state index in [9.17, 15) is 8.42 Å².